The van der Waals surface area contributed by atoms with Crippen LogP contribution in [0.2, 0.25) is 0 Å². The standard InChI is InChI=1S/C11H17N5O/c1-2-6-14-10(12)16-11(17)15-8-9-5-3-4-7-13-9/h3-5,7H,2,6,8H2,1H3,(H4,12,14,15,16,17). The molecule has 92 valence electrons. The number of hydrogen-bond donors (Lipinski definition) is 4. The van der Waals surface area contributed by atoms with E-state index in [4.69, 9.17) is 5.41 Å². The number of nitrogens with one attached hydrogen (secondary N) is 4. The molecule has 2 amide bonds. The fraction of sp³-hybridized carbons (Fsp3) is 0.364. The highest BCUT2D eigenvalue weighted by molar-refractivity contribution is 5.94. The van der Waals surface area contributed by atoms with Gasteiger partial charge in [-0.15, -0.1) is 0 Å². The third-order valence-corrected chi connectivity index (χ3v) is 1.95. The van der Waals surface area contributed by atoms with E-state index in [1.807, 2.05) is 25.1 Å². The first-order valence-electron chi connectivity index (χ1n) is 5.49. The predicted octanol–water partition coefficient (Wildman–Crippen LogP) is 0.815. The van der Waals surface area contributed by atoms with Crippen LogP contribution in [0.5, 0.6) is 0 Å². The molecule has 0 aliphatic carbocycles. The molecule has 0 unspecified atom stereocenters. The maximum atomic E-state index is 11.4. The number of pyridine rings is 1. The van der Waals surface area contributed by atoms with Gasteiger partial charge in [-0.05, 0) is 18.6 Å². The van der Waals surface area contributed by atoms with Gasteiger partial charge < -0.3 is 10.6 Å². The highest BCUT2D eigenvalue weighted by Crippen LogP contribution is 1.91. The van der Waals surface area contributed by atoms with Crippen LogP contribution >= 0.6 is 0 Å². The van der Waals surface area contributed by atoms with Crippen LogP contribution in [0.1, 0.15) is 19.0 Å². The van der Waals surface area contributed by atoms with Gasteiger partial charge >= 0.3 is 6.03 Å². The van der Waals surface area contributed by atoms with Crippen LogP contribution in [0, 0.1) is 5.41 Å². The van der Waals surface area contributed by atoms with E-state index in [2.05, 4.69) is 20.9 Å². The molecule has 17 heavy (non-hydrogen) atoms. The van der Waals surface area contributed by atoms with Gasteiger partial charge in [0.15, 0.2) is 5.96 Å². The highest BCUT2D eigenvalue weighted by Gasteiger charge is 2.03. The lowest BCUT2D eigenvalue weighted by molar-refractivity contribution is 0.244. The molecule has 1 rings (SSSR count). The Kier molecular flexibility index (Phi) is 5.50. The van der Waals surface area contributed by atoms with Crippen molar-refractivity contribution in [3.63, 3.8) is 0 Å². The van der Waals surface area contributed by atoms with Crippen molar-refractivity contribution in [1.29, 1.82) is 5.41 Å². The smallest absolute Gasteiger partial charge is 0.321 e. The Morgan fingerprint density at radius 2 is 2.24 bits per heavy atom. The van der Waals surface area contributed by atoms with E-state index in [9.17, 15) is 4.79 Å². The molecule has 0 aliphatic rings. The number of amides is 2. The number of hydrogen-bond acceptors (Lipinski definition) is 3. The number of carbonyl (C=O) groups is 1. The molecule has 0 spiro atoms. The molecular weight excluding hydrogens is 218 g/mol. The van der Waals surface area contributed by atoms with Crippen LogP contribution in [0.15, 0.2) is 24.4 Å². The van der Waals surface area contributed by atoms with Crippen molar-refractivity contribution in [1.82, 2.24) is 20.9 Å². The summed E-state index contributed by atoms with van der Waals surface area (Å²) >= 11 is 0. The number of carbonyl (C=O) groups excluding carboxylic acids is 1. The summed E-state index contributed by atoms with van der Waals surface area (Å²) in [7, 11) is 0. The van der Waals surface area contributed by atoms with Crippen molar-refractivity contribution in [3.8, 4) is 0 Å². The van der Waals surface area contributed by atoms with Crippen molar-refractivity contribution in [2.45, 2.75) is 19.9 Å². The Labute approximate surface area is 100 Å². The van der Waals surface area contributed by atoms with Gasteiger partial charge in [0.25, 0.3) is 0 Å². The molecule has 0 aliphatic heterocycles. The lowest BCUT2D eigenvalue weighted by Crippen LogP contribution is -2.45. The van der Waals surface area contributed by atoms with Gasteiger partial charge in [-0.25, -0.2) is 4.79 Å². The molecule has 0 radical (unpaired) electrons. The SMILES string of the molecule is CCCNC(=N)NC(=O)NCc1ccccn1. The van der Waals surface area contributed by atoms with Gasteiger partial charge in [0.2, 0.25) is 0 Å². The minimum Gasteiger partial charge on any atom is -0.356 e. The van der Waals surface area contributed by atoms with Gasteiger partial charge in [-0.2, -0.15) is 0 Å². The number of guanidine groups is 1. The predicted molar refractivity (Wildman–Crippen MR) is 65.6 cm³/mol. The zero-order valence-electron chi connectivity index (χ0n) is 9.79. The molecule has 1 aromatic heterocycles. The molecule has 1 aromatic rings. The summed E-state index contributed by atoms with van der Waals surface area (Å²) in [6.45, 7) is 2.99. The van der Waals surface area contributed by atoms with Gasteiger partial charge in [0.05, 0.1) is 12.2 Å². The molecular formula is C11H17N5O. The average Bonchev–Trinajstić information content (AvgIpc) is 2.35. The molecule has 6 heteroatoms. The minimum absolute atomic E-state index is 0.00497. The number of nitrogens with zero attached hydrogens (tertiary/aromatic N) is 1. The van der Waals surface area contributed by atoms with Crippen LogP contribution < -0.4 is 16.0 Å². The lowest BCUT2D eigenvalue weighted by atomic mass is 10.3. The van der Waals surface area contributed by atoms with E-state index in [0.717, 1.165) is 12.1 Å². The molecule has 0 atom stereocenters. The topological polar surface area (TPSA) is 89.9 Å². The van der Waals surface area contributed by atoms with E-state index in [1.165, 1.54) is 0 Å². The van der Waals surface area contributed by atoms with Crippen molar-refractivity contribution in [2.75, 3.05) is 6.54 Å². The van der Waals surface area contributed by atoms with E-state index < -0.39 is 6.03 Å². The molecule has 0 fully saturated rings. The van der Waals surface area contributed by atoms with Crippen LogP contribution in [-0.4, -0.2) is 23.5 Å². The first kappa shape index (κ1) is 13.0. The van der Waals surface area contributed by atoms with E-state index in [0.29, 0.717) is 13.1 Å². The zero-order chi connectivity index (χ0) is 12.5. The summed E-state index contributed by atoms with van der Waals surface area (Å²) in [6, 6.07) is 5.07. The molecule has 0 saturated carbocycles. The van der Waals surface area contributed by atoms with E-state index in [1.54, 1.807) is 6.20 Å². The van der Waals surface area contributed by atoms with Gasteiger partial charge in [-0.3, -0.25) is 15.7 Å². The quantitative estimate of drug-likeness (QED) is 0.460. The summed E-state index contributed by atoms with van der Waals surface area (Å²) in [5, 5.41) is 15.2. The zero-order valence-corrected chi connectivity index (χ0v) is 9.79. The maximum Gasteiger partial charge on any atom is 0.321 e. The normalized spacial score (nSPS) is 9.47. The second-order valence-corrected chi connectivity index (χ2v) is 3.43. The van der Waals surface area contributed by atoms with Crippen LogP contribution in [-0.2, 0) is 6.54 Å². The van der Waals surface area contributed by atoms with Crippen molar-refractivity contribution in [2.24, 2.45) is 0 Å². The Hall–Kier alpha value is -2.11. The molecule has 4 N–H and O–H groups in total. The monoisotopic (exact) mass is 235 g/mol. The largest absolute Gasteiger partial charge is 0.356 e. The molecule has 0 aromatic carbocycles. The molecule has 0 bridgehead atoms. The van der Waals surface area contributed by atoms with Gasteiger partial charge in [-0.1, -0.05) is 13.0 Å². The molecule has 1 heterocycles. The summed E-state index contributed by atoms with van der Waals surface area (Å²) < 4.78 is 0. The van der Waals surface area contributed by atoms with Crippen molar-refractivity contribution in [3.05, 3.63) is 30.1 Å². The Bertz CT molecular complexity index is 365. The van der Waals surface area contributed by atoms with Crippen molar-refractivity contribution >= 4 is 12.0 Å². The second-order valence-electron chi connectivity index (χ2n) is 3.43. The third kappa shape index (κ3) is 5.50. The fourth-order valence-corrected chi connectivity index (χ4v) is 1.13. The lowest BCUT2D eigenvalue weighted by Gasteiger charge is -2.09. The minimum atomic E-state index is -0.413. The van der Waals surface area contributed by atoms with Crippen LogP contribution in [0.4, 0.5) is 4.79 Å². The molecule has 6 nitrogen and oxygen atoms in total. The Morgan fingerprint density at radius 3 is 2.88 bits per heavy atom. The summed E-state index contributed by atoms with van der Waals surface area (Å²) in [4.78, 5) is 15.4. The third-order valence-electron chi connectivity index (χ3n) is 1.95. The first-order chi connectivity index (χ1) is 8.22. The number of rotatable bonds is 4. The second kappa shape index (κ2) is 7.21. The average molecular weight is 235 g/mol. The maximum absolute atomic E-state index is 11.4. The number of urea groups is 1. The Balaban J connectivity index is 2.24. The van der Waals surface area contributed by atoms with E-state index in [-0.39, 0.29) is 5.96 Å². The summed E-state index contributed by atoms with van der Waals surface area (Å²) in [5.41, 5.74) is 0.774. The Morgan fingerprint density at radius 1 is 1.41 bits per heavy atom. The summed E-state index contributed by atoms with van der Waals surface area (Å²) in [5.74, 6) is 0.00497. The highest BCUT2D eigenvalue weighted by atomic mass is 16.2. The van der Waals surface area contributed by atoms with Gasteiger partial charge in [0.1, 0.15) is 0 Å². The van der Waals surface area contributed by atoms with Crippen LogP contribution in [0.25, 0.3) is 0 Å². The van der Waals surface area contributed by atoms with Crippen LogP contribution in [0.3, 0.4) is 0 Å². The fourth-order valence-electron chi connectivity index (χ4n) is 1.13. The summed E-state index contributed by atoms with van der Waals surface area (Å²) in [6.07, 6.45) is 2.57. The number of aromatic nitrogens is 1. The molecule has 0 saturated heterocycles. The van der Waals surface area contributed by atoms with Crippen molar-refractivity contribution < 1.29 is 4.79 Å². The van der Waals surface area contributed by atoms with Gasteiger partial charge in [0, 0.05) is 12.7 Å². The van der Waals surface area contributed by atoms with E-state index >= 15 is 0 Å². The first-order valence-corrected chi connectivity index (χ1v) is 5.49.